The Morgan fingerprint density at radius 1 is 0.939 bits per heavy atom. The second-order valence-corrected chi connectivity index (χ2v) is 8.59. The molecule has 2 aromatic carbocycles. The molecule has 0 radical (unpaired) electrons. The van der Waals surface area contributed by atoms with Crippen molar-refractivity contribution in [2.24, 2.45) is 0 Å². The van der Waals surface area contributed by atoms with Gasteiger partial charge in [-0.05, 0) is 68.1 Å². The molecular formula is C27H39NO5. The molecule has 0 aliphatic heterocycles. The highest BCUT2D eigenvalue weighted by atomic mass is 16.5. The highest BCUT2D eigenvalue weighted by Crippen LogP contribution is 2.47. The van der Waals surface area contributed by atoms with Gasteiger partial charge in [0.2, 0.25) is 5.75 Å². The van der Waals surface area contributed by atoms with Crippen molar-refractivity contribution in [3.63, 3.8) is 0 Å². The van der Waals surface area contributed by atoms with E-state index in [0.717, 1.165) is 55.5 Å². The molecule has 0 aliphatic carbocycles. The topological polar surface area (TPSA) is 57.2 Å². The van der Waals surface area contributed by atoms with Crippen molar-refractivity contribution >= 4 is 6.29 Å². The fourth-order valence-electron chi connectivity index (χ4n) is 4.24. The Kier molecular flexibility index (Phi) is 10.5. The van der Waals surface area contributed by atoms with Gasteiger partial charge in [0.1, 0.15) is 12.0 Å². The van der Waals surface area contributed by atoms with Gasteiger partial charge in [-0.3, -0.25) is 0 Å². The van der Waals surface area contributed by atoms with Crippen LogP contribution in [0, 0.1) is 0 Å². The van der Waals surface area contributed by atoms with E-state index in [9.17, 15) is 4.79 Å². The third-order valence-corrected chi connectivity index (χ3v) is 6.01. The number of carbonyl (C=O) groups is 1. The zero-order valence-corrected chi connectivity index (χ0v) is 21.1. The molecule has 6 heteroatoms. The van der Waals surface area contributed by atoms with Gasteiger partial charge in [0.05, 0.1) is 28.4 Å². The van der Waals surface area contributed by atoms with E-state index in [0.29, 0.717) is 17.2 Å². The maximum absolute atomic E-state index is 12.1. The summed E-state index contributed by atoms with van der Waals surface area (Å²) >= 11 is 0. The lowest BCUT2D eigenvalue weighted by atomic mass is 9.85. The number of hydrogen-bond donors (Lipinski definition) is 0. The van der Waals surface area contributed by atoms with Gasteiger partial charge >= 0.3 is 0 Å². The number of hydrogen-bond acceptors (Lipinski definition) is 6. The number of nitrogens with zero attached hydrogens (tertiary/aromatic N) is 1. The van der Waals surface area contributed by atoms with Gasteiger partial charge in [-0.1, -0.05) is 26.0 Å². The summed E-state index contributed by atoms with van der Waals surface area (Å²) in [5.41, 5.74) is 3.21. The molecule has 0 bridgehead atoms. The van der Waals surface area contributed by atoms with Gasteiger partial charge in [0.25, 0.3) is 0 Å². The van der Waals surface area contributed by atoms with Crippen LogP contribution in [0.25, 0.3) is 0 Å². The molecule has 0 N–H and O–H groups in total. The van der Waals surface area contributed by atoms with Crippen LogP contribution < -0.4 is 18.9 Å². The number of methoxy groups -OCH3 is 4. The largest absolute Gasteiger partial charge is 0.497 e. The van der Waals surface area contributed by atoms with Crippen LogP contribution in [0.15, 0.2) is 30.3 Å². The molecule has 2 rings (SSSR count). The van der Waals surface area contributed by atoms with Crippen LogP contribution >= 0.6 is 0 Å². The number of ether oxygens (including phenoxy) is 4. The van der Waals surface area contributed by atoms with E-state index in [-0.39, 0.29) is 11.8 Å². The summed E-state index contributed by atoms with van der Waals surface area (Å²) in [6, 6.07) is 10.1. The minimum absolute atomic E-state index is 0.169. The van der Waals surface area contributed by atoms with E-state index < -0.39 is 0 Å². The van der Waals surface area contributed by atoms with Crippen molar-refractivity contribution < 1.29 is 23.7 Å². The first kappa shape index (κ1) is 26.5. The highest BCUT2D eigenvalue weighted by molar-refractivity contribution is 5.69. The summed E-state index contributed by atoms with van der Waals surface area (Å²) in [7, 11) is 8.63. The number of rotatable bonds is 14. The van der Waals surface area contributed by atoms with E-state index in [2.05, 4.69) is 37.9 Å². The van der Waals surface area contributed by atoms with Gasteiger partial charge in [0, 0.05) is 18.0 Å². The Balaban J connectivity index is 2.08. The second-order valence-electron chi connectivity index (χ2n) is 8.59. The lowest BCUT2D eigenvalue weighted by Crippen LogP contribution is -2.23. The van der Waals surface area contributed by atoms with E-state index in [1.54, 1.807) is 28.4 Å². The maximum atomic E-state index is 12.1. The lowest BCUT2D eigenvalue weighted by Gasteiger charge is -2.25. The van der Waals surface area contributed by atoms with Crippen molar-refractivity contribution in [2.45, 2.75) is 44.9 Å². The van der Waals surface area contributed by atoms with Crippen LogP contribution in [-0.4, -0.2) is 59.8 Å². The normalized spacial score (nSPS) is 12.0. The average molecular weight is 458 g/mol. The van der Waals surface area contributed by atoms with Gasteiger partial charge in [-0.25, -0.2) is 0 Å². The van der Waals surface area contributed by atoms with Crippen LogP contribution in [-0.2, 0) is 11.2 Å². The molecule has 0 saturated carbocycles. The van der Waals surface area contributed by atoms with Crippen molar-refractivity contribution in [1.29, 1.82) is 0 Å². The molecule has 182 valence electrons. The van der Waals surface area contributed by atoms with Crippen molar-refractivity contribution in [3.05, 3.63) is 47.0 Å². The molecule has 2 aromatic rings. The molecule has 0 aromatic heterocycles. The lowest BCUT2D eigenvalue weighted by molar-refractivity contribution is -0.109. The maximum Gasteiger partial charge on any atom is 0.203 e. The molecule has 6 nitrogen and oxygen atoms in total. The first-order chi connectivity index (χ1) is 15.9. The fourth-order valence-corrected chi connectivity index (χ4v) is 4.24. The van der Waals surface area contributed by atoms with Crippen molar-refractivity contribution in [2.75, 3.05) is 48.6 Å². The van der Waals surface area contributed by atoms with E-state index in [1.165, 1.54) is 5.56 Å². The first-order valence-electron chi connectivity index (χ1n) is 11.5. The van der Waals surface area contributed by atoms with Crippen LogP contribution in [0.2, 0.25) is 0 Å². The smallest absolute Gasteiger partial charge is 0.203 e. The predicted octanol–water partition coefficient (Wildman–Crippen LogP) is 5.08. The Hall–Kier alpha value is -2.73. The molecule has 0 heterocycles. The zero-order valence-electron chi connectivity index (χ0n) is 21.1. The van der Waals surface area contributed by atoms with E-state index in [1.807, 2.05) is 18.2 Å². The minimum Gasteiger partial charge on any atom is -0.497 e. The minimum atomic E-state index is -0.233. The SMILES string of the molecule is COc1cccc(CCN(C)CCCC(C=O)c2cc(OC)c(OC)c(OC)c2C(C)C)c1. The summed E-state index contributed by atoms with van der Waals surface area (Å²) in [5, 5.41) is 0. The van der Waals surface area contributed by atoms with Crippen LogP contribution in [0.4, 0.5) is 0 Å². The molecule has 1 unspecified atom stereocenters. The number of carbonyl (C=O) groups excluding carboxylic acids is 1. The number of aldehydes is 1. The zero-order chi connectivity index (χ0) is 24.4. The quantitative estimate of drug-likeness (QED) is 0.369. The van der Waals surface area contributed by atoms with Gasteiger partial charge in [-0.15, -0.1) is 0 Å². The number of likely N-dealkylation sites (N-methyl/N-ethyl adjacent to an activating group) is 1. The summed E-state index contributed by atoms with van der Waals surface area (Å²) in [6.45, 7) is 6.05. The van der Waals surface area contributed by atoms with Crippen LogP contribution in [0.3, 0.4) is 0 Å². The molecule has 0 fully saturated rings. The van der Waals surface area contributed by atoms with E-state index in [4.69, 9.17) is 18.9 Å². The van der Waals surface area contributed by atoms with Gasteiger partial charge in [0.15, 0.2) is 11.5 Å². The Bertz CT molecular complexity index is 896. The Labute approximate surface area is 198 Å². The van der Waals surface area contributed by atoms with Crippen molar-refractivity contribution in [3.8, 4) is 23.0 Å². The van der Waals surface area contributed by atoms with Crippen LogP contribution in [0.1, 0.15) is 55.2 Å². The first-order valence-corrected chi connectivity index (χ1v) is 11.5. The third-order valence-electron chi connectivity index (χ3n) is 6.01. The number of benzene rings is 2. The summed E-state index contributed by atoms with van der Waals surface area (Å²) in [6.07, 6.45) is 3.66. The van der Waals surface area contributed by atoms with Gasteiger partial charge < -0.3 is 28.6 Å². The third kappa shape index (κ3) is 6.87. The summed E-state index contributed by atoms with van der Waals surface area (Å²) < 4.78 is 22.1. The molecule has 0 aliphatic rings. The average Bonchev–Trinajstić information content (AvgIpc) is 2.83. The monoisotopic (exact) mass is 457 g/mol. The predicted molar refractivity (Wildman–Crippen MR) is 132 cm³/mol. The molecule has 1 atom stereocenters. The Morgan fingerprint density at radius 3 is 2.24 bits per heavy atom. The van der Waals surface area contributed by atoms with E-state index >= 15 is 0 Å². The standard InChI is InChI=1S/C27H39NO5/c1-19(2)25-23(17-24(31-5)26(32-6)27(25)33-7)21(18-29)11-9-14-28(3)15-13-20-10-8-12-22(16-20)30-4/h8,10,12,16-19,21H,9,11,13-15H2,1-7H3. The van der Waals surface area contributed by atoms with Gasteiger partial charge in [-0.2, -0.15) is 0 Å². The molecule has 33 heavy (non-hydrogen) atoms. The van der Waals surface area contributed by atoms with Crippen LogP contribution in [0.5, 0.6) is 23.0 Å². The highest BCUT2D eigenvalue weighted by Gasteiger charge is 2.26. The fraction of sp³-hybridized carbons (Fsp3) is 0.519. The Morgan fingerprint density at radius 2 is 1.67 bits per heavy atom. The molecule has 0 saturated heterocycles. The van der Waals surface area contributed by atoms with Crippen molar-refractivity contribution in [1.82, 2.24) is 4.90 Å². The second kappa shape index (κ2) is 13.1. The summed E-state index contributed by atoms with van der Waals surface area (Å²) in [5.74, 6) is 2.61. The molecule has 0 amide bonds. The molecule has 0 spiro atoms. The molecular weight excluding hydrogens is 418 g/mol. The summed E-state index contributed by atoms with van der Waals surface area (Å²) in [4.78, 5) is 14.4.